The number of alkyl halides is 2. The highest BCUT2D eigenvalue weighted by Crippen LogP contribution is 2.18. The molecule has 4 heteroatoms. The molecule has 0 bridgehead atoms. The normalized spacial score (nSPS) is 13.1. The van der Waals surface area contributed by atoms with Crippen LogP contribution in [0.3, 0.4) is 0 Å². The summed E-state index contributed by atoms with van der Waals surface area (Å²) in [6.07, 6.45) is -1.51. The molecule has 84 valence electrons. The van der Waals surface area contributed by atoms with E-state index in [-0.39, 0.29) is 12.3 Å². The summed E-state index contributed by atoms with van der Waals surface area (Å²) in [4.78, 5) is 0. The molecule has 2 nitrogen and oxygen atoms in total. The van der Waals surface area contributed by atoms with E-state index < -0.39 is 12.3 Å². The lowest BCUT2D eigenvalue weighted by atomic mass is 10.00. The van der Waals surface area contributed by atoms with Gasteiger partial charge in [0.2, 0.25) is 6.43 Å². The summed E-state index contributed by atoms with van der Waals surface area (Å²) in [6, 6.07) is 6.64. The summed E-state index contributed by atoms with van der Waals surface area (Å²) >= 11 is 0. The fourth-order valence-corrected chi connectivity index (χ4v) is 1.41. The van der Waals surface area contributed by atoms with Crippen molar-refractivity contribution in [2.75, 3.05) is 6.54 Å². The zero-order valence-corrected chi connectivity index (χ0v) is 8.37. The van der Waals surface area contributed by atoms with Gasteiger partial charge in [-0.3, -0.25) is 0 Å². The monoisotopic (exact) mass is 215 g/mol. The minimum atomic E-state index is -2.37. The molecule has 3 N–H and O–H groups in total. The van der Waals surface area contributed by atoms with Gasteiger partial charge in [-0.15, -0.1) is 0 Å². The van der Waals surface area contributed by atoms with Crippen molar-refractivity contribution in [2.45, 2.75) is 19.3 Å². The topological polar surface area (TPSA) is 46.2 Å². The van der Waals surface area contributed by atoms with Crippen LogP contribution in [0.5, 0.6) is 5.75 Å². The van der Waals surface area contributed by atoms with Crippen LogP contribution < -0.4 is 5.73 Å². The Labute approximate surface area is 87.7 Å². The van der Waals surface area contributed by atoms with Crippen LogP contribution in [0, 0.1) is 5.92 Å². The third-order valence-electron chi connectivity index (χ3n) is 2.37. The number of nitrogens with two attached hydrogens (primary N) is 1. The van der Waals surface area contributed by atoms with Crippen molar-refractivity contribution < 1.29 is 13.9 Å². The molecule has 0 saturated heterocycles. The van der Waals surface area contributed by atoms with Crippen molar-refractivity contribution >= 4 is 0 Å². The minimum absolute atomic E-state index is 0.00349. The molecule has 1 atom stereocenters. The highest BCUT2D eigenvalue weighted by atomic mass is 19.3. The van der Waals surface area contributed by atoms with Crippen molar-refractivity contribution in [1.82, 2.24) is 0 Å². The Balaban J connectivity index is 2.49. The van der Waals surface area contributed by atoms with Gasteiger partial charge in [0.25, 0.3) is 0 Å². The van der Waals surface area contributed by atoms with E-state index in [0.717, 1.165) is 5.56 Å². The second-order valence-corrected chi connectivity index (χ2v) is 3.54. The maximum absolute atomic E-state index is 12.4. The zero-order valence-electron chi connectivity index (χ0n) is 8.37. The van der Waals surface area contributed by atoms with E-state index in [9.17, 15) is 13.9 Å². The highest BCUT2D eigenvalue weighted by Gasteiger charge is 2.17. The summed E-state index contributed by atoms with van der Waals surface area (Å²) in [6.45, 7) is -0.00349. The number of halogens is 2. The van der Waals surface area contributed by atoms with Crippen molar-refractivity contribution in [1.29, 1.82) is 0 Å². The van der Waals surface area contributed by atoms with E-state index in [1.165, 1.54) is 0 Å². The number of phenolic OH excluding ortho intramolecular Hbond substituents is 1. The number of rotatable bonds is 5. The molecule has 0 radical (unpaired) electrons. The third-order valence-corrected chi connectivity index (χ3v) is 2.37. The van der Waals surface area contributed by atoms with Crippen LogP contribution in [0.4, 0.5) is 8.78 Å². The molecule has 0 aliphatic carbocycles. The van der Waals surface area contributed by atoms with Crippen LogP contribution in [0.2, 0.25) is 0 Å². The van der Waals surface area contributed by atoms with Gasteiger partial charge in [-0.2, -0.15) is 0 Å². The first-order chi connectivity index (χ1) is 7.13. The van der Waals surface area contributed by atoms with Crippen molar-refractivity contribution in [3.05, 3.63) is 29.8 Å². The molecule has 0 saturated carbocycles. The summed E-state index contributed by atoms with van der Waals surface area (Å²) in [5.41, 5.74) is 6.09. The molecule has 1 aromatic carbocycles. The van der Waals surface area contributed by atoms with E-state index in [1.807, 2.05) is 0 Å². The van der Waals surface area contributed by atoms with Gasteiger partial charge in [-0.05, 0) is 30.5 Å². The lowest BCUT2D eigenvalue weighted by Gasteiger charge is -2.13. The lowest BCUT2D eigenvalue weighted by Crippen LogP contribution is -2.22. The van der Waals surface area contributed by atoms with E-state index in [4.69, 9.17) is 5.73 Å². The SMILES string of the molecule is NCC(CCc1cccc(O)c1)C(F)F. The number of benzene rings is 1. The maximum Gasteiger partial charge on any atom is 0.242 e. The predicted octanol–water partition coefficient (Wildman–Crippen LogP) is 2.16. The Kier molecular flexibility index (Phi) is 4.49. The number of phenols is 1. The van der Waals surface area contributed by atoms with Crippen molar-refractivity contribution in [3.8, 4) is 5.75 Å². The molecule has 1 rings (SSSR count). The van der Waals surface area contributed by atoms with Gasteiger partial charge in [0, 0.05) is 12.5 Å². The summed E-state index contributed by atoms with van der Waals surface area (Å²) in [5.74, 6) is -0.596. The minimum Gasteiger partial charge on any atom is -0.508 e. The van der Waals surface area contributed by atoms with Crippen LogP contribution in [-0.2, 0) is 6.42 Å². The summed E-state index contributed by atoms with van der Waals surface area (Å²) < 4.78 is 24.7. The van der Waals surface area contributed by atoms with Gasteiger partial charge in [0.1, 0.15) is 5.75 Å². The number of hydrogen-bond acceptors (Lipinski definition) is 2. The average Bonchev–Trinajstić information content (AvgIpc) is 2.18. The Hall–Kier alpha value is -1.16. The summed E-state index contributed by atoms with van der Waals surface area (Å²) in [7, 11) is 0. The standard InChI is InChI=1S/C11H15F2NO/c12-11(13)9(7-14)5-4-8-2-1-3-10(15)6-8/h1-3,6,9,11,15H,4-5,7,14H2. The smallest absolute Gasteiger partial charge is 0.242 e. The molecule has 0 aliphatic rings. The van der Waals surface area contributed by atoms with Crippen molar-refractivity contribution in [2.24, 2.45) is 11.7 Å². The lowest BCUT2D eigenvalue weighted by molar-refractivity contribution is 0.0769. The van der Waals surface area contributed by atoms with Crippen molar-refractivity contribution in [3.63, 3.8) is 0 Å². The summed E-state index contributed by atoms with van der Waals surface area (Å²) in [5, 5.41) is 9.17. The van der Waals surface area contributed by atoms with E-state index >= 15 is 0 Å². The average molecular weight is 215 g/mol. The quantitative estimate of drug-likeness (QED) is 0.790. The van der Waals surface area contributed by atoms with Gasteiger partial charge in [0.15, 0.2) is 0 Å². The van der Waals surface area contributed by atoms with E-state index in [0.29, 0.717) is 12.8 Å². The largest absolute Gasteiger partial charge is 0.508 e. The second-order valence-electron chi connectivity index (χ2n) is 3.54. The van der Waals surface area contributed by atoms with Crippen LogP contribution >= 0.6 is 0 Å². The zero-order chi connectivity index (χ0) is 11.3. The molecular formula is C11H15F2NO. The molecule has 0 aromatic heterocycles. The molecule has 1 aromatic rings. The Bertz CT molecular complexity index is 304. The first-order valence-electron chi connectivity index (χ1n) is 4.89. The first kappa shape index (κ1) is 11.9. The first-order valence-corrected chi connectivity index (χ1v) is 4.89. The van der Waals surface area contributed by atoms with Crippen LogP contribution in [0.25, 0.3) is 0 Å². The molecular weight excluding hydrogens is 200 g/mol. The van der Waals surface area contributed by atoms with Gasteiger partial charge >= 0.3 is 0 Å². The molecule has 0 spiro atoms. The molecule has 1 unspecified atom stereocenters. The van der Waals surface area contributed by atoms with Crippen LogP contribution in [-0.4, -0.2) is 18.1 Å². The second kappa shape index (κ2) is 5.66. The van der Waals surface area contributed by atoms with Gasteiger partial charge < -0.3 is 10.8 Å². The molecule has 0 fully saturated rings. The van der Waals surface area contributed by atoms with E-state index in [1.54, 1.807) is 24.3 Å². The Morgan fingerprint density at radius 1 is 1.33 bits per heavy atom. The van der Waals surface area contributed by atoms with E-state index in [2.05, 4.69) is 0 Å². The number of aryl methyl sites for hydroxylation is 1. The number of aromatic hydroxyl groups is 1. The van der Waals surface area contributed by atoms with Crippen LogP contribution in [0.1, 0.15) is 12.0 Å². The Morgan fingerprint density at radius 3 is 2.60 bits per heavy atom. The maximum atomic E-state index is 12.4. The van der Waals surface area contributed by atoms with Gasteiger partial charge in [-0.1, -0.05) is 12.1 Å². The van der Waals surface area contributed by atoms with Crippen LogP contribution in [0.15, 0.2) is 24.3 Å². The Morgan fingerprint density at radius 2 is 2.07 bits per heavy atom. The number of hydrogen-bond donors (Lipinski definition) is 2. The molecule has 0 aliphatic heterocycles. The van der Waals surface area contributed by atoms with Gasteiger partial charge in [0.05, 0.1) is 0 Å². The fraction of sp³-hybridized carbons (Fsp3) is 0.455. The fourth-order valence-electron chi connectivity index (χ4n) is 1.41. The molecule has 0 amide bonds. The van der Waals surface area contributed by atoms with Gasteiger partial charge in [-0.25, -0.2) is 8.78 Å². The third kappa shape index (κ3) is 3.83. The predicted molar refractivity (Wildman–Crippen MR) is 55.0 cm³/mol. The molecule has 0 heterocycles. The highest BCUT2D eigenvalue weighted by molar-refractivity contribution is 5.27. The molecule has 15 heavy (non-hydrogen) atoms.